The first-order valence-electron chi connectivity index (χ1n) is 6.71. The Bertz CT molecular complexity index is 609. The molecule has 5 nitrogen and oxygen atoms in total. The lowest BCUT2D eigenvalue weighted by Crippen LogP contribution is -2.42. The van der Waals surface area contributed by atoms with Gasteiger partial charge in [-0.2, -0.15) is 0 Å². The van der Waals surface area contributed by atoms with E-state index >= 15 is 0 Å². The molecule has 1 aromatic rings. The zero-order valence-corrected chi connectivity index (χ0v) is 14.9. The number of carbonyl (C=O) groups excluding carboxylic acids is 2. The molecular weight excluding hydrogens is 322 g/mol. The molecule has 1 aliphatic heterocycles. The summed E-state index contributed by atoms with van der Waals surface area (Å²) in [5.41, 5.74) is 0.819. The lowest BCUT2D eigenvalue weighted by Gasteiger charge is -2.30. The summed E-state index contributed by atoms with van der Waals surface area (Å²) in [5, 5.41) is 1.94. The van der Waals surface area contributed by atoms with Crippen LogP contribution in [0.3, 0.4) is 0 Å². The van der Waals surface area contributed by atoms with Gasteiger partial charge >= 0.3 is 11.9 Å². The molecule has 0 N–H and O–H groups in total. The summed E-state index contributed by atoms with van der Waals surface area (Å²) in [7, 11) is 3.98. The molecule has 0 aromatic carbocycles. The van der Waals surface area contributed by atoms with E-state index in [0.29, 0.717) is 4.91 Å². The van der Waals surface area contributed by atoms with Gasteiger partial charge in [0.25, 0.3) is 5.79 Å². The highest BCUT2D eigenvalue weighted by molar-refractivity contribution is 8.07. The van der Waals surface area contributed by atoms with Crippen LogP contribution in [0.5, 0.6) is 0 Å². The predicted molar refractivity (Wildman–Crippen MR) is 88.4 cm³/mol. The van der Waals surface area contributed by atoms with Crippen LogP contribution in [0.4, 0.5) is 0 Å². The number of nitrogens with zero attached hydrogens (tertiary/aromatic N) is 1. The van der Waals surface area contributed by atoms with Crippen molar-refractivity contribution in [1.29, 1.82) is 0 Å². The van der Waals surface area contributed by atoms with Gasteiger partial charge in [-0.1, -0.05) is 0 Å². The van der Waals surface area contributed by atoms with Crippen LogP contribution >= 0.6 is 23.1 Å². The number of cyclic esters (lactones) is 2. The second-order valence-corrected chi connectivity index (χ2v) is 7.44. The lowest BCUT2D eigenvalue weighted by atomic mass is 10.1. The number of esters is 2. The van der Waals surface area contributed by atoms with Crippen molar-refractivity contribution in [2.45, 2.75) is 26.2 Å². The fourth-order valence-electron chi connectivity index (χ4n) is 2.10. The van der Waals surface area contributed by atoms with Crippen LogP contribution in [0, 0.1) is 0 Å². The maximum atomic E-state index is 12.2. The van der Waals surface area contributed by atoms with Crippen LogP contribution in [0.15, 0.2) is 17.0 Å². The molecule has 0 atom stereocenters. The number of carbonyl (C=O) groups is 2. The Labute approximate surface area is 138 Å². The summed E-state index contributed by atoms with van der Waals surface area (Å²) in [6, 6.07) is 1.99. The van der Waals surface area contributed by atoms with Gasteiger partial charge in [0, 0.05) is 35.7 Å². The van der Waals surface area contributed by atoms with E-state index in [4.69, 9.17) is 9.47 Å². The summed E-state index contributed by atoms with van der Waals surface area (Å²) in [6.45, 7) is 3.89. The fourth-order valence-corrected chi connectivity index (χ4v) is 3.89. The Morgan fingerprint density at radius 3 is 2.36 bits per heavy atom. The van der Waals surface area contributed by atoms with Gasteiger partial charge in [-0.15, -0.1) is 23.1 Å². The Balaban J connectivity index is 2.39. The van der Waals surface area contributed by atoms with Gasteiger partial charge in [0.2, 0.25) is 0 Å². The molecule has 1 saturated heterocycles. The molecule has 0 saturated carbocycles. The van der Waals surface area contributed by atoms with Crippen molar-refractivity contribution in [3.05, 3.63) is 27.5 Å². The first-order valence-corrected chi connectivity index (χ1v) is 8.81. The second-order valence-electron chi connectivity index (χ2n) is 5.63. The molecule has 0 radical (unpaired) electrons. The molecule has 2 heterocycles. The number of thioether (sulfide) groups is 1. The van der Waals surface area contributed by atoms with E-state index in [1.165, 1.54) is 25.6 Å². The molecule has 0 spiro atoms. The summed E-state index contributed by atoms with van der Waals surface area (Å²) in [4.78, 5) is 28.2. The lowest BCUT2D eigenvalue weighted by molar-refractivity contribution is -0.222. The zero-order valence-electron chi connectivity index (χ0n) is 13.3. The quantitative estimate of drug-likeness (QED) is 0.477. The molecule has 1 aliphatic rings. The van der Waals surface area contributed by atoms with E-state index < -0.39 is 17.7 Å². The van der Waals surface area contributed by atoms with Crippen LogP contribution < -0.4 is 0 Å². The standard InChI is InChI=1S/C15H19NO4S2/c1-15(2)19-13(17)11(14(18)20-15)12(21-5)9-6-10(22-8-9)7-16(3)4/h6,8H,7H2,1-5H3. The van der Waals surface area contributed by atoms with Crippen molar-refractivity contribution in [2.24, 2.45) is 0 Å². The van der Waals surface area contributed by atoms with Crippen LogP contribution in [0.25, 0.3) is 4.91 Å². The number of hydrogen-bond acceptors (Lipinski definition) is 7. The molecule has 1 aromatic heterocycles. The van der Waals surface area contributed by atoms with Crippen molar-refractivity contribution in [2.75, 3.05) is 20.4 Å². The molecule has 7 heteroatoms. The highest BCUT2D eigenvalue weighted by Gasteiger charge is 2.41. The van der Waals surface area contributed by atoms with Crippen LogP contribution in [0.1, 0.15) is 24.3 Å². The molecule has 1 fully saturated rings. The summed E-state index contributed by atoms with van der Waals surface area (Å²) in [5.74, 6) is -2.48. The monoisotopic (exact) mass is 341 g/mol. The summed E-state index contributed by atoms with van der Waals surface area (Å²) in [6.07, 6.45) is 1.83. The van der Waals surface area contributed by atoms with Crippen LogP contribution in [0.2, 0.25) is 0 Å². The van der Waals surface area contributed by atoms with E-state index in [2.05, 4.69) is 4.90 Å². The minimum absolute atomic E-state index is 0.0268. The minimum atomic E-state index is -1.22. The van der Waals surface area contributed by atoms with E-state index in [1.807, 2.05) is 31.8 Å². The number of rotatable bonds is 4. The van der Waals surface area contributed by atoms with E-state index in [0.717, 1.165) is 17.0 Å². The first-order chi connectivity index (χ1) is 10.2. The molecular formula is C15H19NO4S2. The normalized spacial score (nSPS) is 17.5. The second kappa shape index (κ2) is 6.44. The first kappa shape index (κ1) is 17.1. The summed E-state index contributed by atoms with van der Waals surface area (Å²) < 4.78 is 10.3. The third-order valence-corrected chi connectivity index (χ3v) is 4.67. The third-order valence-electron chi connectivity index (χ3n) is 2.90. The van der Waals surface area contributed by atoms with Gasteiger partial charge in [0.1, 0.15) is 0 Å². The maximum absolute atomic E-state index is 12.2. The largest absolute Gasteiger partial charge is 0.419 e. The molecule has 2 rings (SSSR count). The number of thiophene rings is 1. The minimum Gasteiger partial charge on any atom is -0.419 e. The Morgan fingerprint density at radius 2 is 1.86 bits per heavy atom. The van der Waals surface area contributed by atoms with Crippen molar-refractivity contribution in [1.82, 2.24) is 4.90 Å². The SMILES string of the molecule is CSC(=C1C(=O)OC(C)(C)OC1=O)c1csc(CN(C)C)c1. The number of ether oxygens (including phenoxy) is 2. The molecule has 0 aliphatic carbocycles. The van der Waals surface area contributed by atoms with E-state index in [-0.39, 0.29) is 5.57 Å². The topological polar surface area (TPSA) is 55.8 Å². The molecule has 0 unspecified atom stereocenters. The van der Waals surface area contributed by atoms with Gasteiger partial charge in [0.15, 0.2) is 5.57 Å². The van der Waals surface area contributed by atoms with Gasteiger partial charge in [-0.25, -0.2) is 9.59 Å². The highest BCUT2D eigenvalue weighted by Crippen LogP contribution is 2.36. The van der Waals surface area contributed by atoms with Crippen LogP contribution in [-0.4, -0.2) is 43.0 Å². The number of hydrogen-bond donors (Lipinski definition) is 0. The Hall–Kier alpha value is -1.31. The molecule has 120 valence electrons. The van der Waals surface area contributed by atoms with Gasteiger partial charge < -0.3 is 14.4 Å². The van der Waals surface area contributed by atoms with E-state index in [1.54, 1.807) is 11.3 Å². The zero-order chi connectivity index (χ0) is 16.5. The van der Waals surface area contributed by atoms with Gasteiger partial charge in [0.05, 0.1) is 0 Å². The third kappa shape index (κ3) is 3.71. The molecule has 0 bridgehead atoms. The van der Waals surface area contributed by atoms with Crippen molar-refractivity contribution in [3.8, 4) is 0 Å². The molecule has 22 heavy (non-hydrogen) atoms. The Morgan fingerprint density at radius 1 is 1.27 bits per heavy atom. The fraction of sp³-hybridized carbons (Fsp3) is 0.467. The molecule has 0 amide bonds. The summed E-state index contributed by atoms with van der Waals surface area (Å²) >= 11 is 2.93. The smallest absolute Gasteiger partial charge is 0.350 e. The van der Waals surface area contributed by atoms with Crippen LogP contribution in [-0.2, 0) is 25.6 Å². The van der Waals surface area contributed by atoms with Gasteiger partial charge in [-0.3, -0.25) is 0 Å². The predicted octanol–water partition coefficient (Wildman–Crippen LogP) is 2.72. The average molecular weight is 341 g/mol. The van der Waals surface area contributed by atoms with E-state index in [9.17, 15) is 9.59 Å². The van der Waals surface area contributed by atoms with Crippen molar-refractivity contribution < 1.29 is 19.1 Å². The maximum Gasteiger partial charge on any atom is 0.350 e. The highest BCUT2D eigenvalue weighted by atomic mass is 32.2. The average Bonchev–Trinajstić information content (AvgIpc) is 2.79. The van der Waals surface area contributed by atoms with Crippen molar-refractivity contribution in [3.63, 3.8) is 0 Å². The van der Waals surface area contributed by atoms with Crippen molar-refractivity contribution >= 4 is 39.9 Å². The van der Waals surface area contributed by atoms with Gasteiger partial charge in [-0.05, 0) is 31.8 Å². The Kier molecular flexibility index (Phi) is 4.99.